The Morgan fingerprint density at radius 2 is 1.91 bits per heavy atom. The van der Waals surface area contributed by atoms with Crippen molar-refractivity contribution < 1.29 is 26.7 Å². The van der Waals surface area contributed by atoms with Crippen molar-refractivity contribution in [2.45, 2.75) is 24.1 Å². The quantitative estimate of drug-likeness (QED) is 0.231. The predicted octanol–water partition coefficient (Wildman–Crippen LogP) is 4.65. The highest BCUT2D eigenvalue weighted by Gasteiger charge is 2.29. The zero-order chi connectivity index (χ0) is 24.3. The smallest absolute Gasteiger partial charge is 0.446 e. The van der Waals surface area contributed by atoms with E-state index in [4.69, 9.17) is 8.92 Å². The Bertz CT molecular complexity index is 1270. The van der Waals surface area contributed by atoms with Gasteiger partial charge < -0.3 is 18.4 Å². The van der Waals surface area contributed by atoms with E-state index >= 15 is 0 Å². The van der Waals surface area contributed by atoms with Crippen LogP contribution in [0.3, 0.4) is 0 Å². The summed E-state index contributed by atoms with van der Waals surface area (Å²) in [7, 11) is 0.671. The molecule has 11 heteroatoms. The van der Waals surface area contributed by atoms with Gasteiger partial charge in [-0.15, -0.1) is 11.8 Å². The number of benzene rings is 2. The molecule has 1 N–H and O–H groups in total. The first kappa shape index (κ1) is 25.6. The first-order chi connectivity index (χ1) is 15.5. The number of aryl methyl sites for hydroxylation is 1. The van der Waals surface area contributed by atoms with Crippen LogP contribution >= 0.6 is 27.7 Å². The Morgan fingerprint density at radius 3 is 2.48 bits per heavy atom. The molecule has 0 aliphatic rings. The molecule has 178 valence electrons. The van der Waals surface area contributed by atoms with Crippen LogP contribution in [0.2, 0.25) is 0 Å². The van der Waals surface area contributed by atoms with Crippen LogP contribution in [0.1, 0.15) is 28.5 Å². The van der Waals surface area contributed by atoms with Crippen molar-refractivity contribution in [2.75, 3.05) is 20.7 Å². The van der Waals surface area contributed by atoms with Crippen molar-refractivity contribution in [3.63, 3.8) is 0 Å². The van der Waals surface area contributed by atoms with E-state index in [0.29, 0.717) is 32.3 Å². The van der Waals surface area contributed by atoms with Gasteiger partial charge in [-0.2, -0.15) is 8.42 Å². The summed E-state index contributed by atoms with van der Waals surface area (Å²) in [6.07, 6.45) is 0. The van der Waals surface area contributed by atoms with Gasteiger partial charge in [-0.1, -0.05) is 18.2 Å². The third kappa shape index (κ3) is 5.90. The summed E-state index contributed by atoms with van der Waals surface area (Å²) in [6, 6.07) is 11.5. The number of thioether (sulfide) groups is 1. The van der Waals surface area contributed by atoms with Crippen LogP contribution in [0.4, 0.5) is 0 Å². The fourth-order valence-corrected chi connectivity index (χ4v) is 5.63. The highest BCUT2D eigenvalue weighted by molar-refractivity contribution is 9.10. The minimum absolute atomic E-state index is 0.0721. The minimum Gasteiger partial charge on any atom is -0.462 e. The van der Waals surface area contributed by atoms with Crippen molar-refractivity contribution >= 4 is 55.0 Å². The number of halogens is 1. The average molecular weight is 557 g/mol. The molecular formula is C22H25BrN2O6S2. The van der Waals surface area contributed by atoms with Gasteiger partial charge in [0.05, 0.1) is 22.2 Å². The summed E-state index contributed by atoms with van der Waals surface area (Å²) in [6.45, 7) is 2.17. The monoisotopic (exact) mass is 556 g/mol. The van der Waals surface area contributed by atoms with Crippen LogP contribution in [-0.2, 0) is 34.5 Å². The van der Waals surface area contributed by atoms with E-state index in [1.54, 1.807) is 24.8 Å². The second-order valence-corrected chi connectivity index (χ2v) is 10.4. The second kappa shape index (κ2) is 10.5. The number of aromatic nitrogens is 1. The van der Waals surface area contributed by atoms with Crippen LogP contribution in [0.25, 0.3) is 10.9 Å². The van der Waals surface area contributed by atoms with Gasteiger partial charge >= 0.3 is 16.4 Å². The topological polar surface area (TPSA) is 98.1 Å². The molecule has 0 aliphatic heterocycles. The lowest BCUT2D eigenvalue weighted by atomic mass is 10.0. The van der Waals surface area contributed by atoms with Crippen molar-refractivity contribution in [1.82, 2.24) is 9.47 Å². The number of rotatable bonds is 9. The van der Waals surface area contributed by atoms with Crippen LogP contribution in [0.5, 0.6) is 5.75 Å². The van der Waals surface area contributed by atoms with Gasteiger partial charge in [0.25, 0.3) is 0 Å². The maximum atomic E-state index is 13.1. The van der Waals surface area contributed by atoms with Gasteiger partial charge in [0.2, 0.25) is 0 Å². The molecule has 0 radical (unpaired) electrons. The maximum absolute atomic E-state index is 13.1. The number of hydrogen-bond donors (Lipinski definition) is 1. The minimum atomic E-state index is -4.80. The number of hydrogen-bond acceptors (Lipinski definition) is 7. The molecule has 0 saturated heterocycles. The summed E-state index contributed by atoms with van der Waals surface area (Å²) in [5.74, 6) is -0.0966. The standard InChI is InChI=1S/C22H25BrN2O6S2/c1-5-30-22(26)20-18(13-32-14-9-7-6-8-10-14)25(4)17-11-16(23)21(31-33(27,28)29)15(19(17)20)12-24(2)3/h6-11H,5,12-13H2,1-4H3,(H,27,28,29). The Labute approximate surface area is 205 Å². The van der Waals surface area contributed by atoms with Crippen molar-refractivity contribution in [2.24, 2.45) is 7.05 Å². The molecule has 3 rings (SSSR count). The van der Waals surface area contributed by atoms with Crippen LogP contribution < -0.4 is 4.18 Å². The lowest BCUT2D eigenvalue weighted by Gasteiger charge is -2.17. The third-order valence-electron chi connectivity index (χ3n) is 4.88. The van der Waals surface area contributed by atoms with E-state index in [9.17, 15) is 17.8 Å². The molecule has 2 aromatic carbocycles. The zero-order valence-electron chi connectivity index (χ0n) is 18.7. The Kier molecular flexibility index (Phi) is 8.12. The van der Waals surface area contributed by atoms with Gasteiger partial charge in [-0.3, -0.25) is 4.55 Å². The van der Waals surface area contributed by atoms with Crippen molar-refractivity contribution in [3.8, 4) is 5.75 Å². The van der Waals surface area contributed by atoms with Crippen LogP contribution in [0, 0.1) is 0 Å². The van der Waals surface area contributed by atoms with Gasteiger partial charge in [0, 0.05) is 40.9 Å². The number of ether oxygens (including phenoxy) is 1. The molecule has 0 bridgehead atoms. The Morgan fingerprint density at radius 1 is 1.24 bits per heavy atom. The molecule has 0 saturated carbocycles. The molecule has 0 unspecified atom stereocenters. The van der Waals surface area contributed by atoms with Gasteiger partial charge in [0.1, 0.15) is 0 Å². The molecule has 0 spiro atoms. The fourth-order valence-electron chi connectivity index (χ4n) is 3.59. The van der Waals surface area contributed by atoms with E-state index in [-0.39, 0.29) is 18.9 Å². The highest BCUT2D eigenvalue weighted by Crippen LogP contribution is 2.42. The van der Waals surface area contributed by atoms with E-state index in [2.05, 4.69) is 15.9 Å². The normalized spacial score (nSPS) is 11.8. The Hall–Kier alpha value is -2.05. The number of nitrogens with zero attached hydrogens (tertiary/aromatic N) is 2. The van der Waals surface area contributed by atoms with E-state index in [0.717, 1.165) is 10.6 Å². The highest BCUT2D eigenvalue weighted by atomic mass is 79.9. The van der Waals surface area contributed by atoms with Gasteiger partial charge in [0.15, 0.2) is 5.75 Å². The molecule has 3 aromatic rings. The lowest BCUT2D eigenvalue weighted by Crippen LogP contribution is -2.16. The largest absolute Gasteiger partial charge is 0.462 e. The molecule has 0 amide bonds. The zero-order valence-corrected chi connectivity index (χ0v) is 21.9. The number of esters is 1. The molecule has 0 fully saturated rings. The Balaban J connectivity index is 2.31. The SMILES string of the molecule is CCOC(=O)c1c(CSc2ccccc2)n(C)c2cc(Br)c(OS(=O)(=O)O)c(CN(C)C)c12. The number of fused-ring (bicyclic) bond motifs is 1. The summed E-state index contributed by atoms with van der Waals surface area (Å²) in [4.78, 5) is 16.0. The summed E-state index contributed by atoms with van der Waals surface area (Å²) in [5, 5.41) is 0.523. The fraction of sp³-hybridized carbons (Fsp3) is 0.318. The first-order valence-corrected chi connectivity index (χ1v) is 13.2. The van der Waals surface area contributed by atoms with Crippen LogP contribution in [-0.4, -0.2) is 49.1 Å². The van der Waals surface area contributed by atoms with E-state index < -0.39 is 16.4 Å². The van der Waals surface area contributed by atoms with Crippen molar-refractivity contribution in [1.29, 1.82) is 0 Å². The lowest BCUT2D eigenvalue weighted by molar-refractivity contribution is 0.0527. The first-order valence-electron chi connectivity index (χ1n) is 10.0. The average Bonchev–Trinajstić information content (AvgIpc) is 3.00. The maximum Gasteiger partial charge on any atom is 0.446 e. The molecular weight excluding hydrogens is 532 g/mol. The summed E-state index contributed by atoms with van der Waals surface area (Å²) < 4.78 is 45.1. The van der Waals surface area contributed by atoms with E-state index in [1.807, 2.05) is 60.9 Å². The summed E-state index contributed by atoms with van der Waals surface area (Å²) >= 11 is 4.94. The van der Waals surface area contributed by atoms with Gasteiger partial charge in [-0.05, 0) is 55.1 Å². The van der Waals surface area contributed by atoms with Crippen molar-refractivity contribution in [3.05, 3.63) is 57.7 Å². The van der Waals surface area contributed by atoms with Crippen LogP contribution in [0.15, 0.2) is 45.8 Å². The summed E-state index contributed by atoms with van der Waals surface area (Å²) in [5.41, 5.74) is 2.22. The van der Waals surface area contributed by atoms with Gasteiger partial charge in [-0.25, -0.2) is 4.79 Å². The predicted molar refractivity (Wildman–Crippen MR) is 132 cm³/mol. The molecule has 1 heterocycles. The number of carbonyl (C=O) groups excluding carboxylic acids is 1. The molecule has 1 aromatic heterocycles. The second-order valence-electron chi connectivity index (χ2n) is 7.51. The molecule has 0 aliphatic carbocycles. The number of carbonyl (C=O) groups is 1. The molecule has 0 atom stereocenters. The van der Waals surface area contributed by atoms with E-state index in [1.165, 1.54) is 0 Å². The molecule has 8 nitrogen and oxygen atoms in total. The third-order valence-corrected chi connectivity index (χ3v) is 6.87. The molecule has 33 heavy (non-hydrogen) atoms.